The van der Waals surface area contributed by atoms with Crippen molar-refractivity contribution in [1.82, 2.24) is 0 Å². The van der Waals surface area contributed by atoms with Crippen molar-refractivity contribution in [3.63, 3.8) is 0 Å². The zero-order valence-corrected chi connectivity index (χ0v) is 63.2. The number of hydrogen-bond donors (Lipinski definition) is 2. The molecule has 0 spiro atoms. The quantitative estimate of drug-likeness (QED) is 0.125. The van der Waals surface area contributed by atoms with E-state index in [1.54, 1.807) is 13.8 Å². The van der Waals surface area contributed by atoms with Gasteiger partial charge in [-0.3, -0.25) is 28.8 Å². The summed E-state index contributed by atoms with van der Waals surface area (Å²) in [5.74, 6) is 12.6. The molecule has 0 aromatic heterocycles. The van der Waals surface area contributed by atoms with Gasteiger partial charge in [0.1, 0.15) is 33.6 Å². The third-order valence-corrected chi connectivity index (χ3v) is 32.5. The summed E-state index contributed by atoms with van der Waals surface area (Å²) in [6.45, 7) is 36.7. The lowest BCUT2D eigenvalue weighted by molar-refractivity contribution is -0.241. The van der Waals surface area contributed by atoms with Crippen molar-refractivity contribution in [2.24, 2.45) is 124 Å². The van der Waals surface area contributed by atoms with Crippen molar-refractivity contribution in [3.8, 4) is 0 Å². The van der Waals surface area contributed by atoms with E-state index in [0.29, 0.717) is 94.7 Å². The lowest BCUT2D eigenvalue weighted by Gasteiger charge is -2.62. The molecule has 23 rings (SSSR count). The Hall–Kier alpha value is -4.28. The molecule has 23 aliphatic carbocycles. The predicted octanol–water partition coefficient (Wildman–Crippen LogP) is 16.3. The molecule has 2 N–H and O–H groups in total. The summed E-state index contributed by atoms with van der Waals surface area (Å²) in [5.41, 5.74) is -2.27. The first-order valence-corrected chi connectivity index (χ1v) is 40.5. The highest BCUT2D eigenvalue weighted by Crippen LogP contribution is 2.68. The fourth-order valence-corrected chi connectivity index (χ4v) is 29.5. The molecule has 23 fully saturated rings. The second-order valence-corrected chi connectivity index (χ2v) is 38.3. The van der Waals surface area contributed by atoms with Gasteiger partial charge in [0, 0.05) is 115 Å². The highest BCUT2D eigenvalue weighted by molar-refractivity contribution is 5.69. The van der Waals surface area contributed by atoms with Gasteiger partial charge in [0.15, 0.2) is 0 Å². The SMILES string of the molecule is CC(=O)OC1(C)C2CC3CC(C2)CC1C3.CC(=O)OC1(C)C2CC3CC1CC(O)(C3)C2.CCC1(OC(C)=O)C2CC3CC(C2)CC1C3.CCC1(OC(C)=O)C2CC3CC1CC(O)(C3)C2.[C-]#[N+]C12CC3CC(C1)C(C)(OC(C)=O)C(C3)C2.[C-]#[N+]C1CCC2C(C1)C1CC2C(CC)(OC(C)=O)C1. The Morgan fingerprint density at radius 1 is 0.360 bits per heavy atom. The molecule has 22 bridgehead atoms. The number of aliphatic hydroxyl groups is 2. The summed E-state index contributed by atoms with van der Waals surface area (Å²) < 4.78 is 34.3. The summed E-state index contributed by atoms with van der Waals surface area (Å²) in [6.07, 6.45) is 36.8. The lowest BCUT2D eigenvalue weighted by Crippen LogP contribution is -2.64. The standard InChI is InChI=1S/C16H23NO2.C14H19NO2.C14H22O3.C14H22O2.C13H20O3.C13H20O2/c1-4-16(19-10(2)18)9-11-7-15(16)13-6-5-12(17-3)8-14(11)13;1-9(16)17-13(2)11-4-10-5-12(13)8-14(6-10,7-11)15-3;1-3-14(17-9(2)15)11-4-10-5-12(14)8-13(16,6-10)7-11;1-3-14(16-9(2)15)12-5-10-4-11(7-12)8-13(14)6-10;1-8(14)16-12(2)10-3-9-4-11(12)7-13(15,5-9)6-10;1-8(14)15-13(2)11-4-9-3-10(6-11)7-12(13)5-9/h11-15H,4-9H2,1-2H3;10-12H,4-8H2,1-2H3;10-12,16H,3-8H2,1-2H3;10-13H,3-8H2,1-2H3;9-11,15H,3-7H2,1-2H3;9-12H,3-7H2,1-2H3. The molecule has 556 valence electrons. The molecule has 100 heavy (non-hydrogen) atoms. The Labute approximate surface area is 598 Å². The Bertz CT molecular complexity index is 3090. The van der Waals surface area contributed by atoms with Gasteiger partial charge in [-0.25, -0.2) is 13.1 Å². The maximum absolute atomic E-state index is 11.4. The number of nitrogens with zero attached hydrogens (tertiary/aromatic N) is 2. The van der Waals surface area contributed by atoms with E-state index in [2.05, 4.69) is 51.2 Å². The van der Waals surface area contributed by atoms with Crippen molar-refractivity contribution in [1.29, 1.82) is 0 Å². The van der Waals surface area contributed by atoms with Crippen LogP contribution < -0.4 is 0 Å². The summed E-state index contributed by atoms with van der Waals surface area (Å²) >= 11 is 0. The van der Waals surface area contributed by atoms with E-state index in [-0.39, 0.29) is 81.0 Å². The second-order valence-electron chi connectivity index (χ2n) is 38.3. The van der Waals surface area contributed by atoms with Gasteiger partial charge in [-0.05, 0) is 283 Å². The van der Waals surface area contributed by atoms with Crippen molar-refractivity contribution in [3.05, 3.63) is 22.8 Å². The average Bonchev–Trinajstić information content (AvgIpc) is 0.901. The van der Waals surface area contributed by atoms with Crippen LogP contribution in [0, 0.1) is 137 Å². The Balaban J connectivity index is 0.000000108. The van der Waals surface area contributed by atoms with E-state index < -0.39 is 11.2 Å². The average molecular weight is 1390 g/mol. The summed E-state index contributed by atoms with van der Waals surface area (Å²) in [6, 6.07) is 0.255. The molecule has 23 aliphatic rings. The first kappa shape index (κ1) is 74.0. The molecule has 0 heterocycles. The maximum atomic E-state index is 11.4. The van der Waals surface area contributed by atoms with E-state index in [9.17, 15) is 39.0 Å². The van der Waals surface area contributed by atoms with Crippen LogP contribution in [0.4, 0.5) is 0 Å². The van der Waals surface area contributed by atoms with Crippen LogP contribution >= 0.6 is 0 Å². The van der Waals surface area contributed by atoms with Crippen LogP contribution in [-0.2, 0) is 57.2 Å². The van der Waals surface area contributed by atoms with Gasteiger partial charge < -0.3 is 48.3 Å². The van der Waals surface area contributed by atoms with Crippen molar-refractivity contribution in [2.45, 2.75) is 351 Å². The van der Waals surface area contributed by atoms with Gasteiger partial charge in [0.25, 0.3) is 0 Å². The van der Waals surface area contributed by atoms with E-state index in [0.717, 1.165) is 164 Å². The molecule has 0 aromatic rings. The minimum atomic E-state index is -0.449. The number of fused-ring (bicyclic) bond motifs is 5. The number of ether oxygens (including phenoxy) is 6. The zero-order valence-electron chi connectivity index (χ0n) is 63.2. The monoisotopic (exact) mass is 1390 g/mol. The Kier molecular flexibility index (Phi) is 20.2. The second kappa shape index (κ2) is 27.3. The molecule has 23 saturated carbocycles. The fraction of sp³-hybridized carbons (Fsp3) is 0.905. The van der Waals surface area contributed by atoms with Crippen LogP contribution in [0.15, 0.2) is 0 Å². The molecular formula is C84H126N2O14. The molecule has 0 amide bonds. The van der Waals surface area contributed by atoms with Crippen molar-refractivity contribution >= 4 is 35.8 Å². The van der Waals surface area contributed by atoms with Gasteiger partial charge in [-0.2, -0.15) is 0 Å². The molecule has 0 aliphatic heterocycles. The Morgan fingerprint density at radius 3 is 1.08 bits per heavy atom. The predicted molar refractivity (Wildman–Crippen MR) is 376 cm³/mol. The number of esters is 6. The fourth-order valence-electron chi connectivity index (χ4n) is 29.5. The zero-order chi connectivity index (χ0) is 71.7. The molecule has 12 unspecified atom stereocenters. The highest BCUT2D eigenvalue weighted by Gasteiger charge is 2.68. The Morgan fingerprint density at radius 2 is 0.710 bits per heavy atom. The molecule has 16 heteroatoms. The number of carbonyl (C=O) groups excluding carboxylic acids is 6. The minimum absolute atomic E-state index is 0.0747. The van der Waals surface area contributed by atoms with Crippen molar-refractivity contribution < 1.29 is 67.4 Å². The van der Waals surface area contributed by atoms with E-state index in [4.69, 9.17) is 41.6 Å². The van der Waals surface area contributed by atoms with Gasteiger partial charge in [0.05, 0.1) is 11.2 Å². The van der Waals surface area contributed by atoms with Crippen LogP contribution in [0.2, 0.25) is 0 Å². The third-order valence-electron chi connectivity index (χ3n) is 32.5. The summed E-state index contributed by atoms with van der Waals surface area (Å²) in [7, 11) is 0. The van der Waals surface area contributed by atoms with Crippen molar-refractivity contribution in [2.75, 3.05) is 0 Å². The topological polar surface area (TPSA) is 207 Å². The van der Waals surface area contributed by atoms with Gasteiger partial charge in [0.2, 0.25) is 11.6 Å². The van der Waals surface area contributed by atoms with Crippen LogP contribution in [0.3, 0.4) is 0 Å². The number of carbonyl (C=O) groups is 6. The van der Waals surface area contributed by atoms with Gasteiger partial charge in [-0.15, -0.1) is 0 Å². The van der Waals surface area contributed by atoms with Gasteiger partial charge >= 0.3 is 35.8 Å². The van der Waals surface area contributed by atoms with E-state index in [1.165, 1.54) is 105 Å². The lowest BCUT2D eigenvalue weighted by atomic mass is 9.47. The highest BCUT2D eigenvalue weighted by atomic mass is 16.6. The third kappa shape index (κ3) is 13.5. The molecule has 0 aromatic carbocycles. The molecule has 12 atom stereocenters. The maximum Gasteiger partial charge on any atom is 0.303 e. The summed E-state index contributed by atoms with van der Waals surface area (Å²) in [5, 5.41) is 21.0. The molecular weight excluding hydrogens is 1260 g/mol. The first-order valence-electron chi connectivity index (χ1n) is 40.5. The number of rotatable bonds is 9. The minimum Gasteiger partial charge on any atom is -0.459 e. The van der Waals surface area contributed by atoms with E-state index >= 15 is 0 Å². The molecule has 0 saturated heterocycles. The van der Waals surface area contributed by atoms with Crippen LogP contribution in [0.5, 0.6) is 0 Å². The van der Waals surface area contributed by atoms with Crippen LogP contribution in [-0.4, -0.2) is 102 Å². The largest absolute Gasteiger partial charge is 0.459 e. The van der Waals surface area contributed by atoms with Gasteiger partial charge in [-0.1, -0.05) is 20.8 Å². The first-order chi connectivity index (χ1) is 47.2. The summed E-state index contributed by atoms with van der Waals surface area (Å²) in [4.78, 5) is 75.7. The van der Waals surface area contributed by atoms with E-state index in [1.807, 2.05) is 0 Å². The van der Waals surface area contributed by atoms with Crippen LogP contribution in [0.1, 0.15) is 295 Å². The smallest absolute Gasteiger partial charge is 0.303 e. The number of hydrogen-bond acceptors (Lipinski definition) is 14. The van der Waals surface area contributed by atoms with Crippen LogP contribution in [0.25, 0.3) is 9.69 Å². The molecule has 0 radical (unpaired) electrons. The normalized spacial score (nSPS) is 50.8. The molecule has 16 nitrogen and oxygen atoms in total.